The smallest absolute Gasteiger partial charge is 0.206 e. The normalized spacial score (nSPS) is 13.2. The monoisotopic (exact) mass is 265 g/mol. The van der Waals surface area contributed by atoms with Crippen LogP contribution in [0.1, 0.15) is 25.1 Å². The van der Waals surface area contributed by atoms with Gasteiger partial charge in [0.05, 0.1) is 18.8 Å². The van der Waals surface area contributed by atoms with Gasteiger partial charge in [0.25, 0.3) is 0 Å². The summed E-state index contributed by atoms with van der Waals surface area (Å²) in [5.41, 5.74) is 4.73. The van der Waals surface area contributed by atoms with E-state index in [0.717, 1.165) is 12.1 Å². The molecule has 0 saturated carbocycles. The summed E-state index contributed by atoms with van der Waals surface area (Å²) in [6.07, 6.45) is 2.72. The number of aliphatic imine (C=N–C) groups is 1. The summed E-state index contributed by atoms with van der Waals surface area (Å²) in [5, 5.41) is 3.14. The van der Waals surface area contributed by atoms with E-state index in [1.54, 1.807) is 13.3 Å². The summed E-state index contributed by atoms with van der Waals surface area (Å²) in [7, 11) is 1.66. The van der Waals surface area contributed by atoms with Gasteiger partial charge in [0.1, 0.15) is 0 Å². The first-order valence-electron chi connectivity index (χ1n) is 6.40. The zero-order valence-electron chi connectivity index (χ0n) is 11.8. The van der Waals surface area contributed by atoms with Gasteiger partial charge < -0.3 is 10.1 Å². The lowest BCUT2D eigenvalue weighted by molar-refractivity contribution is 0.179. The van der Waals surface area contributed by atoms with Gasteiger partial charge in [-0.3, -0.25) is 10.4 Å². The van der Waals surface area contributed by atoms with Gasteiger partial charge >= 0.3 is 0 Å². The van der Waals surface area contributed by atoms with Gasteiger partial charge in [-0.15, -0.1) is 0 Å². The molecule has 0 aliphatic rings. The molecule has 1 aromatic rings. The van der Waals surface area contributed by atoms with Crippen LogP contribution in [0.4, 0.5) is 0 Å². The number of methoxy groups -OCH3 is 1. The summed E-state index contributed by atoms with van der Waals surface area (Å²) < 4.78 is 5.05. The number of hydrogen-bond donors (Lipinski definition) is 3. The van der Waals surface area contributed by atoms with E-state index < -0.39 is 0 Å². The van der Waals surface area contributed by atoms with E-state index in [0.29, 0.717) is 19.1 Å². The quantitative estimate of drug-likeness (QED) is 0.303. The first-order chi connectivity index (χ1) is 9.21. The molecule has 6 heteroatoms. The zero-order valence-corrected chi connectivity index (χ0v) is 11.8. The number of hydrazine groups is 1. The molecule has 0 radical (unpaired) electrons. The maximum atomic E-state index is 5.45. The maximum Gasteiger partial charge on any atom is 0.206 e. The predicted molar refractivity (Wildman–Crippen MR) is 76.6 cm³/mol. The molecule has 0 bridgehead atoms. The van der Waals surface area contributed by atoms with Crippen molar-refractivity contribution in [3.05, 3.63) is 29.6 Å². The molecule has 6 nitrogen and oxygen atoms in total. The third-order valence-corrected chi connectivity index (χ3v) is 2.69. The number of pyridine rings is 1. The van der Waals surface area contributed by atoms with Crippen molar-refractivity contribution in [1.82, 2.24) is 15.7 Å². The minimum Gasteiger partial charge on any atom is -0.383 e. The van der Waals surface area contributed by atoms with Crippen molar-refractivity contribution in [2.45, 2.75) is 32.9 Å². The minimum atomic E-state index is 0.133. The predicted octanol–water partition coefficient (Wildman–Crippen LogP) is 0.588. The van der Waals surface area contributed by atoms with E-state index in [1.807, 2.05) is 13.0 Å². The Labute approximate surface area is 114 Å². The number of ether oxygens (including phenoxy) is 1. The van der Waals surface area contributed by atoms with Crippen LogP contribution in [0.3, 0.4) is 0 Å². The van der Waals surface area contributed by atoms with Crippen molar-refractivity contribution in [1.29, 1.82) is 0 Å². The fourth-order valence-corrected chi connectivity index (χ4v) is 1.75. The largest absolute Gasteiger partial charge is 0.383 e. The average Bonchev–Trinajstić information content (AvgIpc) is 2.44. The molecule has 0 aliphatic heterocycles. The Hall–Kier alpha value is -1.66. The molecule has 1 atom stereocenters. The second-order valence-corrected chi connectivity index (χ2v) is 4.27. The van der Waals surface area contributed by atoms with Crippen molar-refractivity contribution in [2.24, 2.45) is 10.8 Å². The Balaban J connectivity index is 2.66. The molecule has 1 heterocycles. The number of hydrogen-bond acceptors (Lipinski definition) is 4. The number of guanidine groups is 1. The van der Waals surface area contributed by atoms with Crippen LogP contribution in [0.15, 0.2) is 23.3 Å². The zero-order chi connectivity index (χ0) is 14.1. The van der Waals surface area contributed by atoms with Crippen LogP contribution in [0.5, 0.6) is 0 Å². The molecule has 1 rings (SSSR count). The number of nitrogens with two attached hydrogens (primary N) is 1. The van der Waals surface area contributed by atoms with Gasteiger partial charge in [-0.05, 0) is 25.0 Å². The van der Waals surface area contributed by atoms with Crippen LogP contribution in [-0.4, -0.2) is 30.7 Å². The molecule has 0 fully saturated rings. The van der Waals surface area contributed by atoms with E-state index >= 15 is 0 Å². The van der Waals surface area contributed by atoms with Gasteiger partial charge in [0, 0.05) is 19.3 Å². The molecular weight excluding hydrogens is 242 g/mol. The Morgan fingerprint density at radius 3 is 3.00 bits per heavy atom. The van der Waals surface area contributed by atoms with Gasteiger partial charge in [-0.1, -0.05) is 13.0 Å². The molecule has 4 N–H and O–H groups in total. The Morgan fingerprint density at radius 2 is 2.37 bits per heavy atom. The third kappa shape index (κ3) is 5.23. The molecule has 1 unspecified atom stereocenters. The highest BCUT2D eigenvalue weighted by atomic mass is 16.5. The number of aromatic nitrogens is 1. The standard InChI is InChI=1S/C13H23N5O/c1-4-11-6-5-7-15-12(11)8-16-13(18-14)17-10(2)9-19-3/h5-7,10H,4,8-9,14H2,1-3H3,(H2,16,17,18). The fourth-order valence-electron chi connectivity index (χ4n) is 1.75. The molecule has 0 aliphatic carbocycles. The molecule has 106 valence electrons. The first kappa shape index (κ1) is 15.4. The number of aryl methyl sites for hydroxylation is 1. The first-order valence-corrected chi connectivity index (χ1v) is 6.40. The highest BCUT2D eigenvalue weighted by Gasteiger charge is 2.05. The van der Waals surface area contributed by atoms with E-state index in [9.17, 15) is 0 Å². The van der Waals surface area contributed by atoms with Crippen molar-refractivity contribution < 1.29 is 4.74 Å². The van der Waals surface area contributed by atoms with E-state index in [2.05, 4.69) is 33.7 Å². The molecular formula is C13H23N5O. The third-order valence-electron chi connectivity index (χ3n) is 2.69. The summed E-state index contributed by atoms with van der Waals surface area (Å²) in [6, 6.07) is 4.13. The van der Waals surface area contributed by atoms with Crippen LogP contribution < -0.4 is 16.6 Å². The second-order valence-electron chi connectivity index (χ2n) is 4.27. The fraction of sp³-hybridized carbons (Fsp3) is 0.538. The Morgan fingerprint density at radius 1 is 1.58 bits per heavy atom. The van der Waals surface area contributed by atoms with Gasteiger partial charge in [0.15, 0.2) is 0 Å². The van der Waals surface area contributed by atoms with Crippen LogP contribution in [0, 0.1) is 0 Å². The second kappa shape index (κ2) is 8.44. The molecule has 1 aromatic heterocycles. The van der Waals surface area contributed by atoms with Crippen molar-refractivity contribution in [3.8, 4) is 0 Å². The summed E-state index contributed by atoms with van der Waals surface area (Å²) in [6.45, 7) is 5.18. The molecule has 0 amide bonds. The van der Waals surface area contributed by atoms with Gasteiger partial charge in [-0.2, -0.15) is 0 Å². The number of nitrogens with zero attached hydrogens (tertiary/aromatic N) is 2. The lowest BCUT2D eigenvalue weighted by Crippen LogP contribution is -2.46. The Bertz CT molecular complexity index is 408. The topological polar surface area (TPSA) is 84.6 Å². The number of nitrogens with one attached hydrogen (secondary N) is 2. The summed E-state index contributed by atoms with van der Waals surface area (Å²) in [4.78, 5) is 8.74. The lowest BCUT2D eigenvalue weighted by Gasteiger charge is -2.15. The van der Waals surface area contributed by atoms with E-state index in [-0.39, 0.29) is 6.04 Å². The van der Waals surface area contributed by atoms with E-state index in [1.165, 1.54) is 5.56 Å². The van der Waals surface area contributed by atoms with Gasteiger partial charge in [-0.25, -0.2) is 10.8 Å². The highest BCUT2D eigenvalue weighted by Crippen LogP contribution is 2.07. The van der Waals surface area contributed by atoms with Crippen LogP contribution in [0.25, 0.3) is 0 Å². The summed E-state index contributed by atoms with van der Waals surface area (Å²) >= 11 is 0. The average molecular weight is 265 g/mol. The molecule has 19 heavy (non-hydrogen) atoms. The van der Waals surface area contributed by atoms with Crippen LogP contribution in [0.2, 0.25) is 0 Å². The highest BCUT2D eigenvalue weighted by molar-refractivity contribution is 5.79. The van der Waals surface area contributed by atoms with E-state index in [4.69, 9.17) is 10.6 Å². The lowest BCUT2D eigenvalue weighted by atomic mass is 10.1. The molecule has 0 spiro atoms. The summed E-state index contributed by atoms with van der Waals surface area (Å²) in [5.74, 6) is 5.99. The van der Waals surface area contributed by atoms with Crippen molar-refractivity contribution in [3.63, 3.8) is 0 Å². The van der Waals surface area contributed by atoms with Gasteiger partial charge in [0.2, 0.25) is 5.96 Å². The van der Waals surface area contributed by atoms with Crippen LogP contribution in [-0.2, 0) is 17.7 Å². The SMILES string of the molecule is CCc1cccnc1CN=C(NN)NC(C)COC. The Kier molecular flexibility index (Phi) is 6.84. The van der Waals surface area contributed by atoms with Crippen molar-refractivity contribution >= 4 is 5.96 Å². The molecule has 0 saturated heterocycles. The van der Waals surface area contributed by atoms with Crippen molar-refractivity contribution in [2.75, 3.05) is 13.7 Å². The maximum absolute atomic E-state index is 5.45. The number of rotatable bonds is 6. The molecule has 0 aromatic carbocycles. The van der Waals surface area contributed by atoms with Crippen LogP contribution >= 0.6 is 0 Å². The minimum absolute atomic E-state index is 0.133.